The predicted octanol–water partition coefficient (Wildman–Crippen LogP) is 18.1. The molecule has 0 saturated heterocycles. The van der Waals surface area contributed by atoms with Gasteiger partial charge in [0.15, 0.2) is 0 Å². The molecule has 0 radical (unpaired) electrons. The van der Waals surface area contributed by atoms with E-state index in [4.69, 9.17) is 0 Å². The van der Waals surface area contributed by atoms with Crippen LogP contribution in [-0.2, 0) is 5.41 Å². The molecule has 2 aliphatic carbocycles. The van der Waals surface area contributed by atoms with Crippen molar-refractivity contribution in [2.75, 3.05) is 0 Å². The minimum atomic E-state index is 0.0631. The highest BCUT2D eigenvalue weighted by atomic mass is 14.9. The number of rotatable bonds is 3. The van der Waals surface area contributed by atoms with Gasteiger partial charge >= 0.3 is 0 Å². The molecule has 1 fully saturated rings. The Hall–Kier alpha value is -8.46. The van der Waals surface area contributed by atoms with E-state index in [9.17, 15) is 0 Å². The van der Waals surface area contributed by atoms with Crippen LogP contribution in [0.2, 0.25) is 0 Å². The van der Waals surface area contributed by atoms with Crippen LogP contribution in [0.15, 0.2) is 206 Å². The lowest BCUT2D eigenvalue weighted by molar-refractivity contribution is 0.550. The zero-order valence-corrected chi connectivity index (χ0v) is 37.9. The lowest BCUT2D eigenvalue weighted by atomic mass is 9.76. The van der Waals surface area contributed by atoms with Crippen molar-refractivity contribution >= 4 is 97.7 Å². The molecule has 320 valence electrons. The third-order valence-electron chi connectivity index (χ3n) is 17.1. The number of hydrogen-bond donors (Lipinski definition) is 0. The van der Waals surface area contributed by atoms with E-state index < -0.39 is 0 Å². The van der Waals surface area contributed by atoms with E-state index in [-0.39, 0.29) is 5.41 Å². The van der Waals surface area contributed by atoms with Gasteiger partial charge in [-0.3, -0.25) is 0 Å². The van der Waals surface area contributed by atoms with Crippen LogP contribution in [0.1, 0.15) is 36.8 Å². The summed E-state index contributed by atoms with van der Waals surface area (Å²) in [4.78, 5) is 0. The van der Waals surface area contributed by atoms with Crippen LogP contribution >= 0.6 is 0 Å². The van der Waals surface area contributed by atoms with E-state index in [1.807, 2.05) is 0 Å². The Kier molecular flexibility index (Phi) is 6.87. The summed E-state index contributed by atoms with van der Waals surface area (Å²) in [6.07, 6.45) is 4.95. The van der Waals surface area contributed by atoms with Gasteiger partial charge < -0.3 is 8.80 Å². The smallest absolute Gasteiger partial charge is 0.0620 e. The van der Waals surface area contributed by atoms with Gasteiger partial charge in [-0.15, -0.1) is 0 Å². The summed E-state index contributed by atoms with van der Waals surface area (Å²) >= 11 is 0. The van der Waals surface area contributed by atoms with Gasteiger partial charge in [-0.2, -0.15) is 0 Å². The first-order valence-electron chi connectivity index (χ1n) is 24.8. The first kappa shape index (κ1) is 36.6. The van der Waals surface area contributed by atoms with E-state index in [0.29, 0.717) is 0 Å². The molecular formula is C67H42N2. The number of aromatic nitrogens is 2. The predicted molar refractivity (Wildman–Crippen MR) is 292 cm³/mol. The minimum Gasteiger partial charge on any atom is -0.307 e. The van der Waals surface area contributed by atoms with Crippen molar-refractivity contribution in [3.05, 3.63) is 217 Å². The standard InChI is InChI=1S/C67H42N2/c1-4-32-57-53(18-1)62-54(31-15-33-58(62)67(57)36-7-8-37-67)61-43-21-9-19-39(45-23-11-27-49-51-29-13-25-47-41-16-2-5-34-59(41)68(63(45)49)65(47)51)55(43)38-56-40(20-10-22-44(56)61)46-24-12-28-50-52-30-14-26-48-42-17-3-6-35-60(42)69(64(46)50)66(48)52/h1-6,9-35,38H,7-8,36-37H2. The second-order valence-electron chi connectivity index (χ2n) is 20.1. The maximum absolute atomic E-state index is 2.56. The van der Waals surface area contributed by atoms with Gasteiger partial charge in [0.05, 0.1) is 33.1 Å². The van der Waals surface area contributed by atoms with Gasteiger partial charge in [0.25, 0.3) is 0 Å². The van der Waals surface area contributed by atoms with Crippen LogP contribution in [0.5, 0.6) is 0 Å². The fourth-order valence-electron chi connectivity index (χ4n) is 14.5. The molecule has 0 atom stereocenters. The van der Waals surface area contributed by atoms with Crippen LogP contribution in [0.4, 0.5) is 0 Å². The summed E-state index contributed by atoms with van der Waals surface area (Å²) in [6, 6.07) is 79.0. The van der Waals surface area contributed by atoms with Crippen LogP contribution in [0.25, 0.3) is 142 Å². The van der Waals surface area contributed by atoms with Gasteiger partial charge in [0, 0.05) is 59.6 Å². The number of fused-ring (bicyclic) bond motifs is 19. The molecule has 0 amide bonds. The lowest BCUT2D eigenvalue weighted by Gasteiger charge is -2.27. The summed E-state index contributed by atoms with van der Waals surface area (Å²) < 4.78 is 5.12. The van der Waals surface area contributed by atoms with Crippen molar-refractivity contribution in [2.45, 2.75) is 31.1 Å². The first-order chi connectivity index (χ1) is 34.3. The molecule has 11 aromatic carbocycles. The summed E-state index contributed by atoms with van der Waals surface area (Å²) in [5.74, 6) is 0. The largest absolute Gasteiger partial charge is 0.307 e. The molecule has 2 nitrogen and oxygen atoms in total. The minimum absolute atomic E-state index is 0.0631. The molecule has 0 bridgehead atoms. The Morgan fingerprint density at radius 2 is 0.638 bits per heavy atom. The number of nitrogens with zero attached hydrogens (tertiary/aromatic N) is 2. The van der Waals surface area contributed by atoms with Gasteiger partial charge in [-0.25, -0.2) is 0 Å². The molecule has 1 saturated carbocycles. The highest BCUT2D eigenvalue weighted by Crippen LogP contribution is 2.60. The summed E-state index contributed by atoms with van der Waals surface area (Å²) in [7, 11) is 0. The van der Waals surface area contributed by atoms with Gasteiger partial charge in [0.1, 0.15) is 0 Å². The second-order valence-corrected chi connectivity index (χ2v) is 20.1. The topological polar surface area (TPSA) is 8.82 Å². The molecule has 0 aliphatic heterocycles. The molecule has 2 aliphatic rings. The molecule has 4 aromatic heterocycles. The molecule has 17 rings (SSSR count). The van der Waals surface area contributed by atoms with Crippen LogP contribution in [-0.4, -0.2) is 8.80 Å². The average molecular weight is 875 g/mol. The van der Waals surface area contributed by atoms with Gasteiger partial charge in [-0.1, -0.05) is 201 Å². The van der Waals surface area contributed by atoms with Crippen molar-refractivity contribution < 1.29 is 0 Å². The van der Waals surface area contributed by atoms with Crippen molar-refractivity contribution in [3.63, 3.8) is 0 Å². The van der Waals surface area contributed by atoms with E-state index in [0.717, 1.165) is 0 Å². The first-order valence-corrected chi connectivity index (χ1v) is 24.8. The Morgan fingerprint density at radius 3 is 1.20 bits per heavy atom. The molecule has 1 spiro atoms. The zero-order chi connectivity index (χ0) is 44.7. The molecule has 69 heavy (non-hydrogen) atoms. The van der Waals surface area contributed by atoms with Crippen LogP contribution < -0.4 is 0 Å². The Labute approximate surface area is 397 Å². The van der Waals surface area contributed by atoms with Crippen LogP contribution in [0, 0.1) is 0 Å². The Bertz CT molecular complexity index is 4480. The van der Waals surface area contributed by atoms with E-state index in [1.54, 1.807) is 0 Å². The SMILES string of the molecule is c1ccc2c(c1)-c1c(-c3c4cccc(-c5cccc6c7cccc8c9ccccc9n(c56)c87)c4cc4c(-c5cccc6c7cccc8c9ccccc9n(c56)c87)cccc34)cccc1C21CCCC1. The highest BCUT2D eigenvalue weighted by molar-refractivity contribution is 6.29. The van der Waals surface area contributed by atoms with Gasteiger partial charge in [-0.05, 0) is 97.1 Å². The second kappa shape index (κ2) is 12.9. The normalized spacial score (nSPS) is 14.6. The summed E-state index contributed by atoms with van der Waals surface area (Å²) in [6.45, 7) is 0. The fourth-order valence-corrected chi connectivity index (χ4v) is 14.5. The number of para-hydroxylation sites is 6. The molecule has 2 heteroatoms. The molecule has 0 N–H and O–H groups in total. The van der Waals surface area contributed by atoms with E-state index >= 15 is 0 Å². The Balaban J connectivity index is 1.05. The monoisotopic (exact) mass is 874 g/mol. The molecule has 15 aromatic rings. The maximum Gasteiger partial charge on any atom is 0.0620 e. The molecule has 4 heterocycles. The average Bonchev–Trinajstić information content (AvgIpc) is 4.28. The van der Waals surface area contributed by atoms with Crippen molar-refractivity contribution in [1.82, 2.24) is 8.80 Å². The van der Waals surface area contributed by atoms with Crippen molar-refractivity contribution in [1.29, 1.82) is 0 Å². The van der Waals surface area contributed by atoms with Crippen molar-refractivity contribution in [3.8, 4) is 44.5 Å². The van der Waals surface area contributed by atoms with E-state index in [2.05, 4.69) is 215 Å². The number of benzene rings is 11. The number of hydrogen-bond acceptors (Lipinski definition) is 0. The summed E-state index contributed by atoms with van der Waals surface area (Å²) in [5.41, 5.74) is 21.3. The van der Waals surface area contributed by atoms with E-state index in [1.165, 1.54) is 179 Å². The third kappa shape index (κ3) is 4.41. The molecule has 0 unspecified atom stereocenters. The van der Waals surface area contributed by atoms with Crippen molar-refractivity contribution in [2.24, 2.45) is 0 Å². The fraction of sp³-hybridized carbons (Fsp3) is 0.0746. The maximum atomic E-state index is 2.56. The highest BCUT2D eigenvalue weighted by Gasteiger charge is 2.45. The third-order valence-corrected chi connectivity index (χ3v) is 17.1. The van der Waals surface area contributed by atoms with Gasteiger partial charge in [0.2, 0.25) is 0 Å². The quantitative estimate of drug-likeness (QED) is 0.156. The lowest BCUT2D eigenvalue weighted by Crippen LogP contribution is -2.20. The molecular weight excluding hydrogens is 833 g/mol. The van der Waals surface area contributed by atoms with Crippen LogP contribution in [0.3, 0.4) is 0 Å². The zero-order valence-electron chi connectivity index (χ0n) is 37.9. The summed E-state index contributed by atoms with van der Waals surface area (Å²) in [5, 5.41) is 15.5. The Morgan fingerprint density at radius 1 is 0.261 bits per heavy atom.